The van der Waals surface area contributed by atoms with Gasteiger partial charge in [-0.2, -0.15) is 13.2 Å². The Hall–Kier alpha value is -2.61. The van der Waals surface area contributed by atoms with Crippen LogP contribution in [0.3, 0.4) is 0 Å². The van der Waals surface area contributed by atoms with Gasteiger partial charge in [0, 0.05) is 37.1 Å². The molecule has 2 aliphatic rings. The molecule has 1 saturated heterocycles. The summed E-state index contributed by atoms with van der Waals surface area (Å²) in [4.78, 5) is 28.5. The topological polar surface area (TPSA) is 40.6 Å². The Bertz CT molecular complexity index is 1000. The molecule has 0 radical (unpaired) electrons. The van der Waals surface area contributed by atoms with Crippen molar-refractivity contribution in [3.8, 4) is 0 Å². The van der Waals surface area contributed by atoms with Crippen molar-refractivity contribution in [3.63, 3.8) is 0 Å². The SMILES string of the molecule is O=C(c1cc(Cl)ccc1F)N1CCN(C(=O)C2C[C@H]2c2ccc(C(F)(F)F)cc2)CC1. The molecule has 2 fully saturated rings. The number of alkyl halides is 3. The monoisotopic (exact) mass is 454 g/mol. The Morgan fingerprint density at radius 3 is 2.16 bits per heavy atom. The molecular weight excluding hydrogens is 436 g/mol. The summed E-state index contributed by atoms with van der Waals surface area (Å²) in [6.07, 6.45) is -3.79. The van der Waals surface area contributed by atoms with Crippen LogP contribution in [-0.2, 0) is 11.0 Å². The molecule has 2 atom stereocenters. The van der Waals surface area contributed by atoms with E-state index in [1.165, 1.54) is 29.2 Å². The molecule has 0 N–H and O–H groups in total. The molecule has 1 saturated carbocycles. The molecule has 31 heavy (non-hydrogen) atoms. The van der Waals surface area contributed by atoms with Gasteiger partial charge in [-0.3, -0.25) is 9.59 Å². The second kappa shape index (κ2) is 8.15. The van der Waals surface area contributed by atoms with E-state index in [-0.39, 0.29) is 41.4 Å². The Morgan fingerprint density at radius 2 is 1.55 bits per heavy atom. The lowest BCUT2D eigenvalue weighted by Crippen LogP contribution is -2.51. The van der Waals surface area contributed by atoms with Gasteiger partial charge in [0.15, 0.2) is 0 Å². The van der Waals surface area contributed by atoms with Crippen molar-refractivity contribution >= 4 is 23.4 Å². The van der Waals surface area contributed by atoms with Gasteiger partial charge in [0.1, 0.15) is 5.82 Å². The summed E-state index contributed by atoms with van der Waals surface area (Å²) in [7, 11) is 0. The highest BCUT2D eigenvalue weighted by Crippen LogP contribution is 2.49. The van der Waals surface area contributed by atoms with Gasteiger partial charge >= 0.3 is 6.18 Å². The summed E-state index contributed by atoms with van der Waals surface area (Å²) in [6.45, 7) is 1.19. The minimum atomic E-state index is -4.39. The molecule has 2 aromatic rings. The van der Waals surface area contributed by atoms with E-state index in [1.807, 2.05) is 0 Å². The molecular formula is C22H19ClF4N2O2. The molecule has 1 heterocycles. The third-order valence-electron chi connectivity index (χ3n) is 5.81. The second-order valence-corrected chi connectivity index (χ2v) is 8.25. The number of benzene rings is 2. The summed E-state index contributed by atoms with van der Waals surface area (Å²) in [5.74, 6) is -1.53. The van der Waals surface area contributed by atoms with Crippen molar-refractivity contribution in [2.24, 2.45) is 5.92 Å². The van der Waals surface area contributed by atoms with E-state index in [9.17, 15) is 27.2 Å². The average molecular weight is 455 g/mol. The first kappa shape index (κ1) is 21.6. The lowest BCUT2D eigenvalue weighted by molar-refractivity contribution is -0.137. The molecule has 4 nitrogen and oxygen atoms in total. The maximum atomic E-state index is 14.0. The van der Waals surface area contributed by atoms with Crippen LogP contribution >= 0.6 is 11.6 Å². The van der Waals surface area contributed by atoms with Gasteiger partial charge in [-0.1, -0.05) is 23.7 Å². The quantitative estimate of drug-likeness (QED) is 0.637. The predicted molar refractivity (Wildman–Crippen MR) is 106 cm³/mol. The van der Waals surface area contributed by atoms with Gasteiger partial charge in [-0.25, -0.2) is 4.39 Å². The highest BCUT2D eigenvalue weighted by atomic mass is 35.5. The van der Waals surface area contributed by atoms with Crippen molar-refractivity contribution in [1.29, 1.82) is 0 Å². The number of rotatable bonds is 3. The number of piperazine rings is 1. The average Bonchev–Trinajstić information content (AvgIpc) is 3.55. The van der Waals surface area contributed by atoms with Crippen LogP contribution in [0.2, 0.25) is 5.02 Å². The molecule has 1 aliphatic heterocycles. The number of hydrogen-bond acceptors (Lipinski definition) is 2. The number of carbonyl (C=O) groups excluding carboxylic acids is 2. The minimum Gasteiger partial charge on any atom is -0.339 e. The summed E-state index contributed by atoms with van der Waals surface area (Å²) in [6, 6.07) is 8.73. The molecule has 164 valence electrons. The van der Waals surface area contributed by atoms with Gasteiger partial charge in [0.25, 0.3) is 5.91 Å². The van der Waals surface area contributed by atoms with Crippen LogP contribution in [-0.4, -0.2) is 47.8 Å². The highest BCUT2D eigenvalue weighted by molar-refractivity contribution is 6.31. The van der Waals surface area contributed by atoms with Gasteiger partial charge < -0.3 is 9.80 Å². The first-order valence-electron chi connectivity index (χ1n) is 9.85. The fraction of sp³-hybridized carbons (Fsp3) is 0.364. The van der Waals surface area contributed by atoms with E-state index in [2.05, 4.69) is 0 Å². The lowest BCUT2D eigenvalue weighted by atomic mass is 10.1. The van der Waals surface area contributed by atoms with Crippen molar-refractivity contribution in [3.05, 3.63) is 70.0 Å². The zero-order valence-electron chi connectivity index (χ0n) is 16.3. The molecule has 0 spiro atoms. The van der Waals surface area contributed by atoms with Crippen molar-refractivity contribution in [1.82, 2.24) is 9.80 Å². The zero-order chi connectivity index (χ0) is 22.3. The van der Waals surface area contributed by atoms with E-state index >= 15 is 0 Å². The Morgan fingerprint density at radius 1 is 0.935 bits per heavy atom. The highest BCUT2D eigenvalue weighted by Gasteiger charge is 2.46. The molecule has 1 aliphatic carbocycles. The number of carbonyl (C=O) groups is 2. The number of halogens is 5. The van der Waals surface area contributed by atoms with Gasteiger partial charge in [-0.05, 0) is 48.2 Å². The minimum absolute atomic E-state index is 0.0640. The van der Waals surface area contributed by atoms with Crippen LogP contribution in [0.25, 0.3) is 0 Å². The van der Waals surface area contributed by atoms with Gasteiger partial charge in [-0.15, -0.1) is 0 Å². The summed E-state index contributed by atoms with van der Waals surface area (Å²) in [5.41, 5.74) is -0.0925. The van der Waals surface area contributed by atoms with Crippen LogP contribution in [0.5, 0.6) is 0 Å². The fourth-order valence-corrected chi connectivity index (χ4v) is 4.12. The van der Waals surface area contributed by atoms with Crippen LogP contribution < -0.4 is 0 Å². The molecule has 2 amide bonds. The van der Waals surface area contributed by atoms with E-state index in [1.54, 1.807) is 4.90 Å². The van der Waals surface area contributed by atoms with Crippen molar-refractivity contribution in [2.75, 3.05) is 26.2 Å². The fourth-order valence-electron chi connectivity index (χ4n) is 3.95. The Labute approximate surface area is 181 Å². The Kier molecular flexibility index (Phi) is 5.68. The first-order chi connectivity index (χ1) is 14.6. The molecule has 0 aromatic heterocycles. The summed E-state index contributed by atoms with van der Waals surface area (Å²) in [5, 5.41) is 0.265. The van der Waals surface area contributed by atoms with E-state index in [0.29, 0.717) is 19.5 Å². The third-order valence-corrected chi connectivity index (χ3v) is 6.05. The predicted octanol–water partition coefficient (Wildman–Crippen LogP) is 4.59. The van der Waals surface area contributed by atoms with Gasteiger partial charge in [0.05, 0.1) is 11.1 Å². The molecule has 2 aromatic carbocycles. The number of nitrogens with zero attached hydrogens (tertiary/aromatic N) is 2. The molecule has 0 bridgehead atoms. The second-order valence-electron chi connectivity index (χ2n) is 7.81. The zero-order valence-corrected chi connectivity index (χ0v) is 17.1. The largest absolute Gasteiger partial charge is 0.416 e. The van der Waals surface area contributed by atoms with E-state index in [4.69, 9.17) is 11.6 Å². The Balaban J connectivity index is 1.33. The summed E-state index contributed by atoms with van der Waals surface area (Å²) >= 11 is 5.86. The van der Waals surface area contributed by atoms with Crippen LogP contribution in [0.1, 0.15) is 33.8 Å². The van der Waals surface area contributed by atoms with Crippen molar-refractivity contribution in [2.45, 2.75) is 18.5 Å². The number of amides is 2. The molecule has 1 unspecified atom stereocenters. The summed E-state index contributed by atoms with van der Waals surface area (Å²) < 4.78 is 52.1. The third kappa shape index (κ3) is 4.54. The standard InChI is InChI=1S/C22H19ClF4N2O2/c23-15-5-6-19(24)18(11-15)21(31)29-9-7-28(8-10-29)20(30)17-12-16(17)13-1-3-14(4-2-13)22(25,26)27/h1-6,11,16-17H,7-10,12H2/t16-,17?/m0/s1. The molecule has 9 heteroatoms. The van der Waals surface area contributed by atoms with Crippen LogP contribution in [0.4, 0.5) is 17.6 Å². The maximum absolute atomic E-state index is 14.0. The first-order valence-corrected chi connectivity index (χ1v) is 10.2. The number of hydrogen-bond donors (Lipinski definition) is 0. The smallest absolute Gasteiger partial charge is 0.339 e. The van der Waals surface area contributed by atoms with E-state index < -0.39 is 23.5 Å². The van der Waals surface area contributed by atoms with Gasteiger partial charge in [0.2, 0.25) is 5.91 Å². The normalized spacial score (nSPS) is 21.2. The van der Waals surface area contributed by atoms with Crippen LogP contribution in [0.15, 0.2) is 42.5 Å². The lowest BCUT2D eigenvalue weighted by Gasteiger charge is -2.35. The van der Waals surface area contributed by atoms with E-state index in [0.717, 1.165) is 23.8 Å². The van der Waals surface area contributed by atoms with Crippen LogP contribution in [0, 0.1) is 11.7 Å². The van der Waals surface area contributed by atoms with Crippen molar-refractivity contribution < 1.29 is 27.2 Å². The maximum Gasteiger partial charge on any atom is 0.416 e. The molecule has 4 rings (SSSR count).